The molecule has 4 rings (SSSR count). The van der Waals surface area contributed by atoms with Crippen molar-refractivity contribution in [1.29, 1.82) is 0 Å². The molecule has 1 aromatic carbocycles. The molecule has 0 radical (unpaired) electrons. The predicted molar refractivity (Wildman–Crippen MR) is 90.6 cm³/mol. The van der Waals surface area contributed by atoms with Crippen molar-refractivity contribution < 1.29 is 4.79 Å². The van der Waals surface area contributed by atoms with Gasteiger partial charge < -0.3 is 10.6 Å². The maximum Gasteiger partial charge on any atom is 0.261 e. The normalized spacial score (nSPS) is 26.3. The first kappa shape index (κ1) is 14.2. The van der Waals surface area contributed by atoms with E-state index in [0.29, 0.717) is 17.1 Å². The van der Waals surface area contributed by atoms with E-state index < -0.39 is 0 Å². The van der Waals surface area contributed by atoms with E-state index >= 15 is 0 Å². The van der Waals surface area contributed by atoms with Crippen molar-refractivity contribution in [2.45, 2.75) is 37.4 Å². The van der Waals surface area contributed by atoms with Crippen molar-refractivity contribution in [2.75, 3.05) is 0 Å². The quantitative estimate of drug-likeness (QED) is 0.900. The number of thiophene rings is 1. The lowest BCUT2D eigenvalue weighted by Gasteiger charge is -2.20. The van der Waals surface area contributed by atoms with E-state index in [2.05, 4.69) is 10.6 Å². The van der Waals surface area contributed by atoms with Crippen LogP contribution in [0.4, 0.5) is 0 Å². The Morgan fingerprint density at radius 2 is 2.09 bits per heavy atom. The largest absolute Gasteiger partial charge is 0.347 e. The lowest BCUT2D eigenvalue weighted by Crippen LogP contribution is -2.42. The summed E-state index contributed by atoms with van der Waals surface area (Å²) < 4.78 is 0. The van der Waals surface area contributed by atoms with Crippen LogP contribution in [0.15, 0.2) is 36.4 Å². The van der Waals surface area contributed by atoms with Gasteiger partial charge in [-0.05, 0) is 37.5 Å². The zero-order valence-corrected chi connectivity index (χ0v) is 13.6. The Bertz CT molecular complexity index is 714. The first-order valence-electron chi connectivity index (χ1n) is 7.62. The van der Waals surface area contributed by atoms with E-state index in [1.165, 1.54) is 24.2 Å². The predicted octanol–water partition coefficient (Wildman–Crippen LogP) is 3.69. The van der Waals surface area contributed by atoms with E-state index in [1.54, 1.807) is 0 Å². The molecule has 3 atom stereocenters. The molecule has 114 valence electrons. The molecule has 2 bridgehead atoms. The topological polar surface area (TPSA) is 41.1 Å². The number of fused-ring (bicyclic) bond motifs is 2. The summed E-state index contributed by atoms with van der Waals surface area (Å²) in [6.07, 6.45) is 3.47. The molecule has 2 unspecified atom stereocenters. The second kappa shape index (κ2) is 5.69. The third-order valence-electron chi connectivity index (χ3n) is 4.59. The highest BCUT2D eigenvalue weighted by molar-refractivity contribution is 7.17. The number of carbonyl (C=O) groups is 1. The van der Waals surface area contributed by atoms with Gasteiger partial charge in [0.2, 0.25) is 0 Å². The number of hydrogen-bond donors (Lipinski definition) is 2. The van der Waals surface area contributed by atoms with Gasteiger partial charge >= 0.3 is 0 Å². The molecule has 22 heavy (non-hydrogen) atoms. The van der Waals surface area contributed by atoms with Gasteiger partial charge in [-0.15, -0.1) is 11.3 Å². The van der Waals surface area contributed by atoms with Gasteiger partial charge in [-0.3, -0.25) is 4.79 Å². The fraction of sp³-hybridized carbons (Fsp3) is 0.353. The van der Waals surface area contributed by atoms with Crippen molar-refractivity contribution in [3.63, 3.8) is 0 Å². The smallest absolute Gasteiger partial charge is 0.261 e. The van der Waals surface area contributed by atoms with Crippen molar-refractivity contribution in [3.8, 4) is 10.4 Å². The first-order chi connectivity index (χ1) is 10.7. The molecule has 2 saturated heterocycles. The molecule has 2 aliphatic rings. The van der Waals surface area contributed by atoms with Gasteiger partial charge in [0.15, 0.2) is 0 Å². The van der Waals surface area contributed by atoms with E-state index in [0.717, 1.165) is 21.7 Å². The van der Waals surface area contributed by atoms with Crippen LogP contribution in [-0.2, 0) is 0 Å². The van der Waals surface area contributed by atoms with Crippen molar-refractivity contribution in [1.82, 2.24) is 10.6 Å². The van der Waals surface area contributed by atoms with Crippen LogP contribution in [-0.4, -0.2) is 24.0 Å². The van der Waals surface area contributed by atoms with Crippen LogP contribution >= 0.6 is 22.9 Å². The molecule has 0 saturated carbocycles. The van der Waals surface area contributed by atoms with Crippen LogP contribution in [0, 0.1) is 0 Å². The molecule has 0 aliphatic carbocycles. The minimum Gasteiger partial charge on any atom is -0.347 e. The Morgan fingerprint density at radius 1 is 1.23 bits per heavy atom. The fourth-order valence-corrected chi connectivity index (χ4v) is 4.73. The SMILES string of the molecule is O=C(N[C@@H]1CC2CCC1N2)c1ccc(-c2ccccc2Cl)s1. The number of halogens is 1. The van der Waals surface area contributed by atoms with Crippen LogP contribution in [0.5, 0.6) is 0 Å². The second-order valence-corrected chi connectivity index (χ2v) is 7.50. The zero-order valence-electron chi connectivity index (χ0n) is 12.0. The maximum absolute atomic E-state index is 12.4. The van der Waals surface area contributed by atoms with Gasteiger partial charge in [-0.2, -0.15) is 0 Å². The first-order valence-corrected chi connectivity index (χ1v) is 8.82. The van der Waals surface area contributed by atoms with Crippen LogP contribution in [0.1, 0.15) is 28.9 Å². The summed E-state index contributed by atoms with van der Waals surface area (Å²) in [5.41, 5.74) is 0.981. The van der Waals surface area contributed by atoms with Crippen molar-refractivity contribution in [2.24, 2.45) is 0 Å². The van der Waals surface area contributed by atoms with Crippen LogP contribution in [0.25, 0.3) is 10.4 Å². The molecule has 2 aromatic rings. The Labute approximate surface area is 138 Å². The summed E-state index contributed by atoms with van der Waals surface area (Å²) in [5.74, 6) is 0.0302. The van der Waals surface area contributed by atoms with Gasteiger partial charge in [0, 0.05) is 33.6 Å². The van der Waals surface area contributed by atoms with Crippen LogP contribution in [0.3, 0.4) is 0 Å². The molecular formula is C17H17ClN2OS. The van der Waals surface area contributed by atoms with Crippen LogP contribution < -0.4 is 10.6 Å². The number of carbonyl (C=O) groups excluding carboxylic acids is 1. The lowest BCUT2D eigenvalue weighted by molar-refractivity contribution is 0.0935. The van der Waals surface area contributed by atoms with Gasteiger partial charge in [0.05, 0.1) is 4.88 Å². The van der Waals surface area contributed by atoms with Crippen LogP contribution in [0.2, 0.25) is 5.02 Å². The van der Waals surface area contributed by atoms with E-state index in [1.807, 2.05) is 36.4 Å². The highest BCUT2D eigenvalue weighted by Crippen LogP contribution is 2.34. The fourth-order valence-electron chi connectivity index (χ4n) is 3.49. The minimum absolute atomic E-state index is 0.0302. The molecule has 2 aliphatic heterocycles. The minimum atomic E-state index is 0.0302. The number of benzene rings is 1. The van der Waals surface area contributed by atoms with Gasteiger partial charge in [0.1, 0.15) is 0 Å². The van der Waals surface area contributed by atoms with E-state index in [4.69, 9.17) is 11.6 Å². The van der Waals surface area contributed by atoms with E-state index in [-0.39, 0.29) is 11.9 Å². The lowest BCUT2D eigenvalue weighted by atomic mass is 9.95. The maximum atomic E-state index is 12.4. The number of amides is 1. The van der Waals surface area contributed by atoms with E-state index in [9.17, 15) is 4.79 Å². The summed E-state index contributed by atoms with van der Waals surface area (Å²) in [5, 5.41) is 7.44. The average molecular weight is 333 g/mol. The Balaban J connectivity index is 1.49. The van der Waals surface area contributed by atoms with Gasteiger partial charge in [-0.1, -0.05) is 29.8 Å². The van der Waals surface area contributed by atoms with Crippen molar-refractivity contribution >= 4 is 28.8 Å². The third-order valence-corrected chi connectivity index (χ3v) is 6.03. The zero-order chi connectivity index (χ0) is 15.1. The molecule has 5 heteroatoms. The molecule has 1 amide bonds. The average Bonchev–Trinajstić information content (AvgIpc) is 3.24. The summed E-state index contributed by atoms with van der Waals surface area (Å²) >= 11 is 7.72. The molecule has 1 aromatic heterocycles. The molecule has 2 fully saturated rings. The summed E-state index contributed by atoms with van der Waals surface area (Å²) in [4.78, 5) is 14.2. The number of rotatable bonds is 3. The standard InChI is InChI=1S/C17H17ClN2OS/c18-12-4-2-1-3-11(12)15-7-8-16(22-15)17(21)20-14-9-10-5-6-13(14)19-10/h1-4,7-8,10,13-14,19H,5-6,9H2,(H,20,21)/t10?,13?,14-/m1/s1. The Morgan fingerprint density at radius 3 is 2.82 bits per heavy atom. The highest BCUT2D eigenvalue weighted by atomic mass is 35.5. The third kappa shape index (κ3) is 2.56. The Hall–Kier alpha value is -1.36. The van der Waals surface area contributed by atoms with Crippen molar-refractivity contribution in [3.05, 3.63) is 46.3 Å². The van der Waals surface area contributed by atoms with Gasteiger partial charge in [-0.25, -0.2) is 0 Å². The molecule has 3 heterocycles. The molecule has 3 nitrogen and oxygen atoms in total. The summed E-state index contributed by atoms with van der Waals surface area (Å²) in [7, 11) is 0. The number of hydrogen-bond acceptors (Lipinski definition) is 3. The second-order valence-electron chi connectivity index (χ2n) is 6.01. The van der Waals surface area contributed by atoms with Gasteiger partial charge in [0.25, 0.3) is 5.91 Å². The monoisotopic (exact) mass is 332 g/mol. The summed E-state index contributed by atoms with van der Waals surface area (Å²) in [6, 6.07) is 12.9. The summed E-state index contributed by atoms with van der Waals surface area (Å²) in [6.45, 7) is 0. The number of nitrogens with one attached hydrogen (secondary N) is 2. The molecule has 2 N–H and O–H groups in total. The highest BCUT2D eigenvalue weighted by Gasteiger charge is 2.39. The Kier molecular flexibility index (Phi) is 3.68. The molecule has 0 spiro atoms. The molecular weight excluding hydrogens is 316 g/mol.